The largest absolute Gasteiger partial charge is 0.301 e. The molecule has 0 unspecified atom stereocenters. The summed E-state index contributed by atoms with van der Waals surface area (Å²) in [6.07, 6.45) is 0. The van der Waals surface area contributed by atoms with Gasteiger partial charge in [-0.05, 0) is 0 Å². The fourth-order valence-electron chi connectivity index (χ4n) is 1.81. The van der Waals surface area contributed by atoms with E-state index in [1.54, 1.807) is 11.8 Å². The van der Waals surface area contributed by atoms with Crippen LogP contribution in [0.15, 0.2) is 35.5 Å². The summed E-state index contributed by atoms with van der Waals surface area (Å²) in [7, 11) is 0. The molecule has 2 heterocycles. The normalized spacial score (nSPS) is 18.7. The van der Waals surface area contributed by atoms with E-state index in [0.29, 0.717) is 5.25 Å². The summed E-state index contributed by atoms with van der Waals surface area (Å²) in [4.78, 5) is 0. The summed E-state index contributed by atoms with van der Waals surface area (Å²) in [6.45, 7) is 0.989. The van der Waals surface area contributed by atoms with Gasteiger partial charge >= 0.3 is 0 Å². The summed E-state index contributed by atoms with van der Waals surface area (Å²) in [5.41, 5.74) is 1.14. The minimum absolute atomic E-state index is 0.577. The second-order valence-electron chi connectivity index (χ2n) is 3.68. The van der Waals surface area contributed by atoms with Crippen molar-refractivity contribution in [2.24, 2.45) is 0 Å². The number of aromatic nitrogens is 3. The maximum Gasteiger partial charge on any atom is 0.191 e. The van der Waals surface area contributed by atoms with E-state index in [1.165, 1.54) is 0 Å². The zero-order valence-corrected chi connectivity index (χ0v) is 10.9. The Morgan fingerprint density at radius 3 is 2.88 bits per heavy atom. The van der Waals surface area contributed by atoms with E-state index < -0.39 is 0 Å². The number of nitrogens with zero attached hydrogens (tertiary/aromatic N) is 3. The second kappa shape index (κ2) is 4.22. The van der Waals surface area contributed by atoms with Crippen LogP contribution in [0.1, 0.15) is 0 Å². The monoisotopic (exact) mass is 295 g/mol. The van der Waals surface area contributed by atoms with Gasteiger partial charge in [-0.2, -0.15) is 0 Å². The highest BCUT2D eigenvalue weighted by Crippen LogP contribution is 2.34. The molecule has 0 saturated carbocycles. The van der Waals surface area contributed by atoms with Crippen molar-refractivity contribution in [1.29, 1.82) is 0 Å². The lowest BCUT2D eigenvalue weighted by Gasteiger charge is -2.04. The predicted molar refractivity (Wildman–Crippen MR) is 68.9 cm³/mol. The molecule has 0 spiro atoms. The SMILES string of the molecule is BrC[C@H]1Cn2c(nnc2-c2ccccc2)S1. The lowest BCUT2D eigenvalue weighted by atomic mass is 10.2. The number of alkyl halides is 1. The molecule has 0 saturated heterocycles. The highest BCUT2D eigenvalue weighted by molar-refractivity contribution is 9.09. The van der Waals surface area contributed by atoms with Crippen LogP contribution in [0.25, 0.3) is 11.4 Å². The maximum absolute atomic E-state index is 4.25. The third-order valence-corrected chi connectivity index (χ3v) is 4.95. The molecule has 2 aromatic rings. The first-order valence-corrected chi connectivity index (χ1v) is 7.10. The van der Waals surface area contributed by atoms with E-state index >= 15 is 0 Å². The first-order valence-electron chi connectivity index (χ1n) is 5.09. The molecule has 1 aromatic carbocycles. The van der Waals surface area contributed by atoms with E-state index in [4.69, 9.17) is 0 Å². The lowest BCUT2D eigenvalue weighted by Crippen LogP contribution is -2.07. The van der Waals surface area contributed by atoms with Gasteiger partial charge in [-0.25, -0.2) is 0 Å². The molecule has 1 aromatic heterocycles. The molecule has 1 aliphatic rings. The molecule has 0 amide bonds. The average Bonchev–Trinajstić information content (AvgIpc) is 2.88. The molecule has 3 nitrogen and oxygen atoms in total. The standard InChI is InChI=1S/C11H10BrN3S/c12-6-9-7-15-10(13-14-11(15)16-9)8-4-2-1-3-5-8/h1-5,9H,6-7H2/t9-/m0/s1. The van der Waals surface area contributed by atoms with Crippen molar-refractivity contribution < 1.29 is 0 Å². The molecular formula is C11H10BrN3S. The van der Waals surface area contributed by atoms with Crippen molar-refractivity contribution in [1.82, 2.24) is 14.8 Å². The van der Waals surface area contributed by atoms with Gasteiger partial charge in [0.1, 0.15) is 0 Å². The number of benzene rings is 1. The topological polar surface area (TPSA) is 30.7 Å². The summed E-state index contributed by atoms with van der Waals surface area (Å²) in [5, 5.41) is 11.1. The Balaban J connectivity index is 2.00. The van der Waals surface area contributed by atoms with Crippen LogP contribution in [-0.2, 0) is 6.54 Å². The van der Waals surface area contributed by atoms with Crippen molar-refractivity contribution in [2.75, 3.05) is 5.33 Å². The second-order valence-corrected chi connectivity index (χ2v) is 5.59. The van der Waals surface area contributed by atoms with Crippen LogP contribution in [0.3, 0.4) is 0 Å². The van der Waals surface area contributed by atoms with Crippen molar-refractivity contribution in [3.05, 3.63) is 30.3 Å². The summed E-state index contributed by atoms with van der Waals surface area (Å²) < 4.78 is 2.20. The van der Waals surface area contributed by atoms with Gasteiger partial charge < -0.3 is 4.57 Å². The average molecular weight is 296 g/mol. The smallest absolute Gasteiger partial charge is 0.191 e. The molecule has 3 rings (SSSR count). The van der Waals surface area contributed by atoms with E-state index in [2.05, 4.69) is 42.8 Å². The van der Waals surface area contributed by atoms with Crippen molar-refractivity contribution in [2.45, 2.75) is 17.0 Å². The van der Waals surface area contributed by atoms with Crippen molar-refractivity contribution in [3.63, 3.8) is 0 Å². The van der Waals surface area contributed by atoms with Gasteiger partial charge in [-0.3, -0.25) is 0 Å². The Bertz CT molecular complexity index is 497. The van der Waals surface area contributed by atoms with Gasteiger partial charge in [-0.15, -0.1) is 10.2 Å². The minimum atomic E-state index is 0.577. The van der Waals surface area contributed by atoms with Crippen LogP contribution >= 0.6 is 27.7 Å². The third kappa shape index (κ3) is 1.68. The highest BCUT2D eigenvalue weighted by atomic mass is 79.9. The van der Waals surface area contributed by atoms with Gasteiger partial charge in [0.15, 0.2) is 11.0 Å². The van der Waals surface area contributed by atoms with Crippen LogP contribution in [0.5, 0.6) is 0 Å². The van der Waals surface area contributed by atoms with Gasteiger partial charge in [-0.1, -0.05) is 58.0 Å². The Morgan fingerprint density at radius 2 is 2.12 bits per heavy atom. The molecule has 0 fully saturated rings. The van der Waals surface area contributed by atoms with E-state index in [-0.39, 0.29) is 0 Å². The van der Waals surface area contributed by atoms with Crippen LogP contribution in [-0.4, -0.2) is 25.3 Å². The molecule has 1 atom stereocenters. The van der Waals surface area contributed by atoms with Gasteiger partial charge in [0, 0.05) is 22.7 Å². The van der Waals surface area contributed by atoms with Gasteiger partial charge in [0.25, 0.3) is 0 Å². The first-order chi connectivity index (χ1) is 7.88. The Hall–Kier alpha value is -0.810. The molecule has 82 valence electrons. The van der Waals surface area contributed by atoms with E-state index in [9.17, 15) is 0 Å². The summed E-state index contributed by atoms with van der Waals surface area (Å²) in [6, 6.07) is 10.2. The highest BCUT2D eigenvalue weighted by Gasteiger charge is 2.26. The molecule has 0 radical (unpaired) electrons. The van der Waals surface area contributed by atoms with Crippen molar-refractivity contribution >= 4 is 27.7 Å². The Labute approximate surface area is 106 Å². The molecule has 0 N–H and O–H groups in total. The van der Waals surface area contributed by atoms with E-state index in [0.717, 1.165) is 28.4 Å². The number of rotatable bonds is 2. The zero-order valence-electron chi connectivity index (χ0n) is 8.51. The number of hydrogen-bond acceptors (Lipinski definition) is 3. The van der Waals surface area contributed by atoms with Crippen LogP contribution in [0, 0.1) is 0 Å². The molecule has 0 bridgehead atoms. The minimum Gasteiger partial charge on any atom is -0.301 e. The number of thioether (sulfide) groups is 1. The predicted octanol–water partition coefficient (Wildman–Crippen LogP) is 2.81. The number of fused-ring (bicyclic) bond motifs is 1. The van der Waals surface area contributed by atoms with Crippen LogP contribution in [0.2, 0.25) is 0 Å². The summed E-state index contributed by atoms with van der Waals surface area (Å²) >= 11 is 5.31. The fraction of sp³-hybridized carbons (Fsp3) is 0.273. The Morgan fingerprint density at radius 1 is 1.31 bits per heavy atom. The maximum atomic E-state index is 4.25. The quantitative estimate of drug-likeness (QED) is 0.798. The molecule has 5 heteroatoms. The van der Waals surface area contributed by atoms with Gasteiger partial charge in [0.05, 0.1) is 0 Å². The number of hydrogen-bond donors (Lipinski definition) is 0. The van der Waals surface area contributed by atoms with Crippen molar-refractivity contribution in [3.8, 4) is 11.4 Å². The zero-order chi connectivity index (χ0) is 11.0. The Kier molecular flexibility index (Phi) is 2.73. The number of halogens is 1. The molecular weight excluding hydrogens is 286 g/mol. The molecule has 1 aliphatic heterocycles. The van der Waals surface area contributed by atoms with Crippen LogP contribution < -0.4 is 0 Å². The molecule has 16 heavy (non-hydrogen) atoms. The molecule has 0 aliphatic carbocycles. The first kappa shape index (κ1) is 10.4. The lowest BCUT2D eigenvalue weighted by molar-refractivity contribution is 0.679. The summed E-state index contributed by atoms with van der Waals surface area (Å²) in [5.74, 6) is 0.978. The van der Waals surface area contributed by atoms with E-state index in [1.807, 2.05) is 18.2 Å². The van der Waals surface area contributed by atoms with Gasteiger partial charge in [0.2, 0.25) is 0 Å². The third-order valence-electron chi connectivity index (χ3n) is 2.58. The van der Waals surface area contributed by atoms with Crippen LogP contribution in [0.4, 0.5) is 0 Å². The fourth-order valence-corrected chi connectivity index (χ4v) is 3.37.